The summed E-state index contributed by atoms with van der Waals surface area (Å²) in [5, 5.41) is 6.41. The molecule has 138 valence electrons. The number of benzene rings is 1. The molecule has 3 atom stereocenters. The summed E-state index contributed by atoms with van der Waals surface area (Å²) >= 11 is 0.429. The van der Waals surface area contributed by atoms with Crippen LogP contribution in [0.4, 0.5) is 13.2 Å². The number of fused-ring (bicyclic) bond motifs is 2. The van der Waals surface area contributed by atoms with Crippen LogP contribution in [0, 0.1) is 0 Å². The molecule has 0 radical (unpaired) electrons. The molecule has 4 rings (SSSR count). The van der Waals surface area contributed by atoms with E-state index in [1.165, 1.54) is 0 Å². The van der Waals surface area contributed by atoms with Crippen LogP contribution in [0.5, 0.6) is 10.9 Å². The second kappa shape index (κ2) is 6.55. The van der Waals surface area contributed by atoms with E-state index in [-0.39, 0.29) is 17.1 Å². The summed E-state index contributed by atoms with van der Waals surface area (Å²) in [7, 11) is 0. The number of carbonyl (C=O) groups is 1. The fourth-order valence-electron chi connectivity index (χ4n) is 3.45. The Morgan fingerprint density at radius 1 is 1.27 bits per heavy atom. The van der Waals surface area contributed by atoms with Crippen molar-refractivity contribution >= 4 is 17.2 Å². The van der Waals surface area contributed by atoms with Gasteiger partial charge in [-0.15, -0.1) is 0 Å². The summed E-state index contributed by atoms with van der Waals surface area (Å²) in [6.45, 7) is 0. The largest absolute Gasteiger partial charge is 0.431 e. The third-order valence-electron chi connectivity index (χ3n) is 4.70. The highest BCUT2D eigenvalue weighted by atomic mass is 32.1. The van der Waals surface area contributed by atoms with Crippen LogP contribution in [-0.4, -0.2) is 29.0 Å². The average Bonchev–Trinajstić information content (AvgIpc) is 3.31. The highest BCUT2D eigenvalue weighted by molar-refractivity contribution is 7.13. The molecule has 0 unspecified atom stereocenters. The molecule has 1 aromatic carbocycles. The fraction of sp³-hybridized carbons (Fsp3) is 0.412. The van der Waals surface area contributed by atoms with Crippen LogP contribution in [-0.2, 0) is 6.18 Å². The Morgan fingerprint density at radius 2 is 2.04 bits per heavy atom. The van der Waals surface area contributed by atoms with Gasteiger partial charge in [0.2, 0.25) is 0 Å². The Bertz CT molecular complexity index is 806. The zero-order chi connectivity index (χ0) is 18.3. The minimum atomic E-state index is -4.43. The Hall–Kier alpha value is -2.13. The van der Waals surface area contributed by atoms with Crippen molar-refractivity contribution in [3.05, 3.63) is 40.9 Å². The van der Waals surface area contributed by atoms with Crippen LogP contribution in [0.15, 0.2) is 30.5 Å². The molecule has 0 saturated carbocycles. The molecule has 0 spiro atoms. The maximum absolute atomic E-state index is 12.6. The number of ether oxygens (including phenoxy) is 1. The van der Waals surface area contributed by atoms with Gasteiger partial charge in [0.05, 0.1) is 6.20 Å². The number of amides is 1. The smallest absolute Gasteiger partial charge is 0.427 e. The van der Waals surface area contributed by atoms with Gasteiger partial charge < -0.3 is 15.4 Å². The van der Waals surface area contributed by atoms with Gasteiger partial charge in [-0.2, -0.15) is 13.2 Å². The molecule has 1 aromatic heterocycles. The lowest BCUT2D eigenvalue weighted by Gasteiger charge is -2.21. The van der Waals surface area contributed by atoms with E-state index in [0.717, 1.165) is 25.5 Å². The van der Waals surface area contributed by atoms with Gasteiger partial charge in [0.25, 0.3) is 11.1 Å². The van der Waals surface area contributed by atoms with Crippen molar-refractivity contribution in [3.63, 3.8) is 0 Å². The molecule has 0 aliphatic carbocycles. The first-order valence-electron chi connectivity index (χ1n) is 8.26. The molecule has 3 heterocycles. The average molecular weight is 383 g/mol. The van der Waals surface area contributed by atoms with Gasteiger partial charge >= 0.3 is 6.18 Å². The van der Waals surface area contributed by atoms with E-state index in [0.29, 0.717) is 34.7 Å². The van der Waals surface area contributed by atoms with Crippen molar-refractivity contribution in [1.29, 1.82) is 0 Å². The number of rotatable bonds is 4. The lowest BCUT2D eigenvalue weighted by molar-refractivity contribution is -0.134. The first kappa shape index (κ1) is 17.3. The van der Waals surface area contributed by atoms with Crippen LogP contribution in [0.25, 0.3) is 0 Å². The maximum Gasteiger partial charge on any atom is 0.427 e. The number of hydrogen-bond acceptors (Lipinski definition) is 5. The van der Waals surface area contributed by atoms with Gasteiger partial charge in [0.1, 0.15) is 10.6 Å². The molecule has 1 amide bonds. The molecule has 2 saturated heterocycles. The Kier molecular flexibility index (Phi) is 4.36. The van der Waals surface area contributed by atoms with Crippen LogP contribution >= 0.6 is 11.3 Å². The highest BCUT2D eigenvalue weighted by Crippen LogP contribution is 2.37. The lowest BCUT2D eigenvalue weighted by Crippen LogP contribution is -2.42. The van der Waals surface area contributed by atoms with Gasteiger partial charge in [0, 0.05) is 23.7 Å². The summed E-state index contributed by atoms with van der Waals surface area (Å²) in [5.74, 6) is 0.163. The van der Waals surface area contributed by atoms with Gasteiger partial charge in [-0.05, 0) is 43.5 Å². The van der Waals surface area contributed by atoms with Gasteiger partial charge in [-0.1, -0.05) is 11.3 Å². The topological polar surface area (TPSA) is 63.2 Å². The van der Waals surface area contributed by atoms with Crippen molar-refractivity contribution < 1.29 is 22.7 Å². The summed E-state index contributed by atoms with van der Waals surface area (Å²) in [4.78, 5) is 15.1. The van der Waals surface area contributed by atoms with Crippen molar-refractivity contribution in [2.45, 2.75) is 43.6 Å². The minimum Gasteiger partial charge on any atom is -0.431 e. The number of hydrogen-bond donors (Lipinski definition) is 2. The number of alkyl halides is 3. The number of thiazole rings is 1. The molecule has 2 aromatic rings. The minimum absolute atomic E-state index is 0.0948. The van der Waals surface area contributed by atoms with Gasteiger partial charge in [-0.25, -0.2) is 4.98 Å². The molecule has 9 heteroatoms. The van der Waals surface area contributed by atoms with Crippen molar-refractivity contribution in [3.8, 4) is 10.9 Å². The third-order valence-corrected chi connectivity index (χ3v) is 5.62. The molecule has 5 nitrogen and oxygen atoms in total. The molecule has 2 aliphatic rings. The summed E-state index contributed by atoms with van der Waals surface area (Å²) in [5.41, 5.74) is 0.482. The van der Waals surface area contributed by atoms with E-state index in [2.05, 4.69) is 15.6 Å². The van der Waals surface area contributed by atoms with E-state index in [1.54, 1.807) is 24.3 Å². The van der Waals surface area contributed by atoms with Crippen LogP contribution in [0.3, 0.4) is 0 Å². The van der Waals surface area contributed by atoms with Gasteiger partial charge in [-0.3, -0.25) is 4.79 Å². The number of carbonyl (C=O) groups excluding carboxylic acids is 1. The number of nitrogens with one attached hydrogen (secondary N) is 2. The van der Waals surface area contributed by atoms with Crippen LogP contribution in [0.1, 0.15) is 34.5 Å². The monoisotopic (exact) mass is 383 g/mol. The molecule has 2 aliphatic heterocycles. The molecule has 26 heavy (non-hydrogen) atoms. The SMILES string of the molecule is O=C(N[C@@H]1C[C@H]2CC[C@@H]1N2)c1ccc(Oc2ncc(C(F)(F)F)s2)cc1. The van der Waals surface area contributed by atoms with Crippen LogP contribution < -0.4 is 15.4 Å². The molecule has 2 bridgehead atoms. The zero-order valence-electron chi connectivity index (χ0n) is 13.5. The highest BCUT2D eigenvalue weighted by Gasteiger charge is 2.39. The summed E-state index contributed by atoms with van der Waals surface area (Å²) in [6.07, 6.45) is -0.504. The second-order valence-corrected chi connectivity index (χ2v) is 7.47. The van der Waals surface area contributed by atoms with E-state index in [9.17, 15) is 18.0 Å². The normalized spacial score (nSPS) is 24.7. The molecule has 2 N–H and O–H groups in total. The van der Waals surface area contributed by atoms with Gasteiger partial charge in [0.15, 0.2) is 0 Å². The third kappa shape index (κ3) is 3.54. The van der Waals surface area contributed by atoms with Crippen LogP contribution in [0.2, 0.25) is 0 Å². The Morgan fingerprint density at radius 3 is 2.62 bits per heavy atom. The summed E-state index contributed by atoms with van der Waals surface area (Å²) in [6, 6.07) is 7.26. The molecular formula is C17H16F3N3O2S. The quantitative estimate of drug-likeness (QED) is 0.847. The molecule has 2 fully saturated rings. The van der Waals surface area contributed by atoms with Crippen molar-refractivity contribution in [2.75, 3.05) is 0 Å². The first-order valence-corrected chi connectivity index (χ1v) is 9.08. The zero-order valence-corrected chi connectivity index (χ0v) is 14.4. The number of nitrogens with zero attached hydrogens (tertiary/aromatic N) is 1. The number of halogens is 3. The Labute approximate surface area is 151 Å². The summed E-state index contributed by atoms with van der Waals surface area (Å²) < 4.78 is 43.0. The van der Waals surface area contributed by atoms with E-state index >= 15 is 0 Å². The second-order valence-electron chi connectivity index (χ2n) is 6.48. The van der Waals surface area contributed by atoms with E-state index in [4.69, 9.17) is 4.74 Å². The van der Waals surface area contributed by atoms with E-state index < -0.39 is 11.1 Å². The first-order chi connectivity index (χ1) is 12.4. The predicted octanol–water partition coefficient (Wildman–Crippen LogP) is 3.58. The molecular weight excluding hydrogens is 367 g/mol. The van der Waals surface area contributed by atoms with E-state index in [1.807, 2.05) is 0 Å². The predicted molar refractivity (Wildman–Crippen MR) is 89.4 cm³/mol. The van der Waals surface area contributed by atoms with Crippen molar-refractivity contribution in [1.82, 2.24) is 15.6 Å². The fourth-order valence-corrected chi connectivity index (χ4v) is 4.10. The standard InChI is InChI=1S/C17H16F3N3O2S/c18-17(19,20)14-8-21-16(26-14)25-11-4-1-9(2-5-11)15(24)23-13-7-10-3-6-12(13)22-10/h1-2,4-5,8,10,12-13,22H,3,6-7H2,(H,23,24)/t10-,12+,13-/m1/s1. The number of aromatic nitrogens is 1. The Balaban J connectivity index is 1.37. The van der Waals surface area contributed by atoms with Crippen molar-refractivity contribution in [2.24, 2.45) is 0 Å². The lowest BCUT2D eigenvalue weighted by atomic mass is 9.95. The maximum atomic E-state index is 12.6.